The lowest BCUT2D eigenvalue weighted by Crippen LogP contribution is -2.29. The van der Waals surface area contributed by atoms with E-state index in [4.69, 9.17) is 23.2 Å². The maximum Gasteiger partial charge on any atom is 0.146 e. The molecule has 0 saturated carbocycles. The second-order valence-corrected chi connectivity index (χ2v) is 6.69. The van der Waals surface area contributed by atoms with Crippen molar-refractivity contribution < 1.29 is 4.39 Å². The third-order valence-electron chi connectivity index (χ3n) is 4.64. The van der Waals surface area contributed by atoms with E-state index in [0.717, 1.165) is 17.5 Å². The SMILES string of the molecule is Fc1cccc2c1N[C@H](c1ccc(Cl)cc1Cl)[C@@H]1CC=C[C@@H]21. The van der Waals surface area contributed by atoms with Gasteiger partial charge in [0.1, 0.15) is 5.82 Å². The van der Waals surface area contributed by atoms with Gasteiger partial charge in [-0.3, -0.25) is 0 Å². The summed E-state index contributed by atoms with van der Waals surface area (Å²) in [6.07, 6.45) is 5.31. The Hall–Kier alpha value is -1.51. The van der Waals surface area contributed by atoms with Gasteiger partial charge >= 0.3 is 0 Å². The highest BCUT2D eigenvalue weighted by atomic mass is 35.5. The summed E-state index contributed by atoms with van der Waals surface area (Å²) >= 11 is 12.4. The summed E-state index contributed by atoms with van der Waals surface area (Å²) in [4.78, 5) is 0. The number of halogens is 3. The zero-order valence-electron chi connectivity index (χ0n) is 11.7. The van der Waals surface area contributed by atoms with Gasteiger partial charge in [0.15, 0.2) is 0 Å². The van der Waals surface area contributed by atoms with Crippen LogP contribution in [0.1, 0.15) is 29.5 Å². The Labute approximate surface area is 138 Å². The topological polar surface area (TPSA) is 12.0 Å². The fourth-order valence-electron chi connectivity index (χ4n) is 3.64. The number of benzene rings is 2. The van der Waals surface area contributed by atoms with Gasteiger partial charge in [-0.2, -0.15) is 0 Å². The van der Waals surface area contributed by atoms with Crippen LogP contribution in [0, 0.1) is 11.7 Å². The minimum absolute atomic E-state index is 0.0193. The molecule has 2 aromatic carbocycles. The Morgan fingerprint density at radius 2 is 1.95 bits per heavy atom. The molecule has 2 aliphatic rings. The van der Waals surface area contributed by atoms with Crippen molar-refractivity contribution in [3.8, 4) is 0 Å². The molecule has 1 aliphatic carbocycles. The van der Waals surface area contributed by atoms with Crippen LogP contribution < -0.4 is 5.32 Å². The van der Waals surface area contributed by atoms with E-state index in [0.29, 0.717) is 21.7 Å². The van der Waals surface area contributed by atoms with Crippen molar-refractivity contribution >= 4 is 28.9 Å². The molecule has 0 radical (unpaired) electrons. The molecule has 0 unspecified atom stereocenters. The predicted octanol–water partition coefficient (Wildman–Crippen LogP) is 5.96. The Bertz CT molecular complexity index is 772. The van der Waals surface area contributed by atoms with Gasteiger partial charge in [0.25, 0.3) is 0 Å². The predicted molar refractivity (Wildman–Crippen MR) is 89.2 cm³/mol. The van der Waals surface area contributed by atoms with Crippen molar-refractivity contribution in [2.24, 2.45) is 5.92 Å². The van der Waals surface area contributed by atoms with Crippen LogP contribution >= 0.6 is 23.2 Å². The summed E-state index contributed by atoms with van der Waals surface area (Å²) in [5.41, 5.74) is 2.59. The van der Waals surface area contributed by atoms with E-state index in [9.17, 15) is 4.39 Å². The quantitative estimate of drug-likeness (QED) is 0.635. The second-order valence-electron chi connectivity index (χ2n) is 5.85. The number of fused-ring (bicyclic) bond motifs is 3. The van der Waals surface area contributed by atoms with Crippen LogP contribution in [-0.2, 0) is 0 Å². The first-order chi connectivity index (χ1) is 10.6. The Morgan fingerprint density at radius 1 is 1.09 bits per heavy atom. The van der Waals surface area contributed by atoms with Gasteiger partial charge in [0, 0.05) is 16.0 Å². The fraction of sp³-hybridized carbons (Fsp3) is 0.222. The molecule has 1 N–H and O–H groups in total. The van der Waals surface area contributed by atoms with Crippen molar-refractivity contribution in [2.45, 2.75) is 18.4 Å². The molecule has 1 nitrogen and oxygen atoms in total. The van der Waals surface area contributed by atoms with Gasteiger partial charge in [-0.15, -0.1) is 0 Å². The highest BCUT2D eigenvalue weighted by molar-refractivity contribution is 6.35. The lowest BCUT2D eigenvalue weighted by Gasteiger charge is -2.38. The summed E-state index contributed by atoms with van der Waals surface area (Å²) in [6, 6.07) is 10.8. The summed E-state index contributed by atoms with van der Waals surface area (Å²) in [7, 11) is 0. The summed E-state index contributed by atoms with van der Waals surface area (Å²) in [5, 5.41) is 4.60. The molecule has 0 saturated heterocycles. The van der Waals surface area contributed by atoms with E-state index in [-0.39, 0.29) is 17.8 Å². The van der Waals surface area contributed by atoms with Gasteiger partial charge in [0.2, 0.25) is 0 Å². The molecule has 1 aliphatic heterocycles. The zero-order chi connectivity index (χ0) is 15.3. The molecular formula is C18H14Cl2FN. The Kier molecular flexibility index (Phi) is 3.39. The van der Waals surface area contributed by atoms with E-state index in [1.165, 1.54) is 6.07 Å². The fourth-order valence-corrected chi connectivity index (χ4v) is 4.17. The molecule has 0 bridgehead atoms. The molecule has 2 aromatic rings. The number of para-hydroxylation sites is 1. The highest BCUT2D eigenvalue weighted by Gasteiger charge is 2.39. The molecule has 0 spiro atoms. The number of hydrogen-bond acceptors (Lipinski definition) is 1. The maximum atomic E-state index is 14.2. The molecule has 0 aromatic heterocycles. The summed E-state index contributed by atoms with van der Waals surface area (Å²) in [6.45, 7) is 0. The van der Waals surface area contributed by atoms with Crippen molar-refractivity contribution in [1.82, 2.24) is 0 Å². The number of anilines is 1. The molecule has 0 amide bonds. The van der Waals surface area contributed by atoms with Gasteiger partial charge in [-0.05, 0) is 41.7 Å². The molecular weight excluding hydrogens is 320 g/mol. The third kappa shape index (κ3) is 2.13. The third-order valence-corrected chi connectivity index (χ3v) is 5.21. The zero-order valence-corrected chi connectivity index (χ0v) is 13.2. The van der Waals surface area contributed by atoms with E-state index in [1.807, 2.05) is 18.2 Å². The van der Waals surface area contributed by atoms with E-state index in [1.54, 1.807) is 12.1 Å². The minimum atomic E-state index is -0.216. The average molecular weight is 334 g/mol. The van der Waals surface area contributed by atoms with Crippen LogP contribution in [0.4, 0.5) is 10.1 Å². The molecule has 1 heterocycles. The number of hydrogen-bond donors (Lipinski definition) is 1. The molecule has 22 heavy (non-hydrogen) atoms. The van der Waals surface area contributed by atoms with Crippen LogP contribution in [0.25, 0.3) is 0 Å². The van der Waals surface area contributed by atoms with Gasteiger partial charge in [-0.1, -0.05) is 53.6 Å². The molecule has 0 fully saturated rings. The van der Waals surface area contributed by atoms with Gasteiger partial charge < -0.3 is 5.32 Å². The normalized spacial score (nSPS) is 25.5. The maximum absolute atomic E-state index is 14.2. The minimum Gasteiger partial charge on any atom is -0.375 e. The number of allylic oxidation sites excluding steroid dienone is 2. The number of rotatable bonds is 1. The van der Waals surface area contributed by atoms with Crippen LogP contribution in [0.15, 0.2) is 48.6 Å². The van der Waals surface area contributed by atoms with Gasteiger partial charge in [0.05, 0.1) is 11.7 Å². The van der Waals surface area contributed by atoms with E-state index < -0.39 is 0 Å². The molecule has 4 heteroatoms. The smallest absolute Gasteiger partial charge is 0.146 e. The van der Waals surface area contributed by atoms with Crippen molar-refractivity contribution in [3.05, 3.63) is 75.5 Å². The first-order valence-electron chi connectivity index (χ1n) is 7.31. The summed E-state index contributed by atoms with van der Waals surface area (Å²) < 4.78 is 14.2. The van der Waals surface area contributed by atoms with E-state index in [2.05, 4.69) is 17.5 Å². The first-order valence-corrected chi connectivity index (χ1v) is 8.07. The largest absolute Gasteiger partial charge is 0.375 e. The lowest BCUT2D eigenvalue weighted by molar-refractivity contribution is 0.421. The van der Waals surface area contributed by atoms with Crippen LogP contribution in [0.2, 0.25) is 10.0 Å². The van der Waals surface area contributed by atoms with Crippen LogP contribution in [0.5, 0.6) is 0 Å². The second kappa shape index (κ2) is 5.29. The standard InChI is InChI=1S/C18H14Cl2FN/c19-10-7-8-14(15(20)9-10)17-12-4-1-3-11(12)13-5-2-6-16(21)18(13)22-17/h1-3,5-9,11-12,17,22H,4H2/t11-,12-,17+/m1/s1. The average Bonchev–Trinajstić information content (AvgIpc) is 2.97. The van der Waals surface area contributed by atoms with Crippen molar-refractivity contribution in [3.63, 3.8) is 0 Å². The van der Waals surface area contributed by atoms with Gasteiger partial charge in [-0.25, -0.2) is 4.39 Å². The highest BCUT2D eigenvalue weighted by Crippen LogP contribution is 2.51. The number of nitrogens with one attached hydrogen (secondary N) is 1. The monoisotopic (exact) mass is 333 g/mol. The first kappa shape index (κ1) is 14.1. The Balaban J connectivity index is 1.84. The molecule has 3 atom stereocenters. The lowest BCUT2D eigenvalue weighted by atomic mass is 9.77. The van der Waals surface area contributed by atoms with Crippen molar-refractivity contribution in [1.29, 1.82) is 0 Å². The van der Waals surface area contributed by atoms with E-state index >= 15 is 0 Å². The molecule has 112 valence electrons. The molecule has 4 rings (SSSR count). The Morgan fingerprint density at radius 3 is 2.77 bits per heavy atom. The summed E-state index contributed by atoms with van der Waals surface area (Å²) in [5.74, 6) is 0.350. The van der Waals surface area contributed by atoms with Crippen molar-refractivity contribution in [2.75, 3.05) is 5.32 Å². The van der Waals surface area contributed by atoms with Crippen LogP contribution in [0.3, 0.4) is 0 Å². The van der Waals surface area contributed by atoms with Crippen LogP contribution in [-0.4, -0.2) is 0 Å².